The van der Waals surface area contributed by atoms with Crippen LogP contribution in [0.3, 0.4) is 0 Å². The van der Waals surface area contributed by atoms with Crippen molar-refractivity contribution in [2.75, 3.05) is 52.0 Å². The molecule has 2 aromatic rings. The van der Waals surface area contributed by atoms with Crippen LogP contribution in [0.15, 0.2) is 36.5 Å². The Hall–Kier alpha value is -2.86. The van der Waals surface area contributed by atoms with Gasteiger partial charge < -0.3 is 29.2 Å². The number of nitrogens with one attached hydrogen (secondary N) is 1. The lowest BCUT2D eigenvalue weighted by atomic mass is 9.83. The topological polar surface area (TPSA) is 88.9 Å². The lowest BCUT2D eigenvalue weighted by Crippen LogP contribution is -2.61. The van der Waals surface area contributed by atoms with E-state index in [0.29, 0.717) is 30.2 Å². The first kappa shape index (κ1) is 21.4. The van der Waals surface area contributed by atoms with Crippen molar-refractivity contribution >= 4 is 5.82 Å². The summed E-state index contributed by atoms with van der Waals surface area (Å²) >= 11 is 0. The third kappa shape index (κ3) is 4.90. The lowest BCUT2D eigenvalue weighted by Gasteiger charge is -2.46. The molecule has 2 saturated heterocycles. The molecule has 3 heterocycles. The molecule has 164 valence electrons. The van der Waals surface area contributed by atoms with Crippen molar-refractivity contribution in [3.8, 4) is 17.6 Å². The van der Waals surface area contributed by atoms with Crippen LogP contribution in [0.2, 0.25) is 0 Å². The van der Waals surface area contributed by atoms with Gasteiger partial charge in [0.25, 0.3) is 0 Å². The van der Waals surface area contributed by atoms with Gasteiger partial charge in [0.2, 0.25) is 0 Å². The maximum absolute atomic E-state index is 9.08. The van der Waals surface area contributed by atoms with E-state index in [-0.39, 0.29) is 11.7 Å². The Balaban J connectivity index is 1.45. The Kier molecular flexibility index (Phi) is 6.56. The third-order valence-electron chi connectivity index (χ3n) is 5.81. The molecule has 8 nitrogen and oxygen atoms in total. The lowest BCUT2D eigenvalue weighted by molar-refractivity contribution is -0.239. The summed E-state index contributed by atoms with van der Waals surface area (Å²) in [6, 6.07) is 11.7. The van der Waals surface area contributed by atoms with E-state index >= 15 is 0 Å². The number of benzene rings is 1. The maximum atomic E-state index is 9.08. The summed E-state index contributed by atoms with van der Waals surface area (Å²) in [7, 11) is 3.25. The summed E-state index contributed by atoms with van der Waals surface area (Å²) in [5.74, 6) is 2.17. The molecule has 0 amide bonds. The molecule has 2 aliphatic heterocycles. The van der Waals surface area contributed by atoms with Crippen LogP contribution >= 0.6 is 0 Å². The Morgan fingerprint density at radius 3 is 2.52 bits per heavy atom. The van der Waals surface area contributed by atoms with E-state index in [1.54, 1.807) is 26.5 Å². The number of hydrogen-bond acceptors (Lipinski definition) is 8. The van der Waals surface area contributed by atoms with E-state index in [1.807, 2.05) is 24.3 Å². The minimum Gasteiger partial charge on any atom is -0.493 e. The van der Waals surface area contributed by atoms with Crippen LogP contribution in [-0.4, -0.2) is 58.3 Å². The molecule has 4 rings (SSSR count). The number of nitriles is 1. The molecule has 1 N–H and O–H groups in total. The number of rotatable bonds is 8. The molecule has 0 bridgehead atoms. The first-order chi connectivity index (χ1) is 15.1. The van der Waals surface area contributed by atoms with Gasteiger partial charge in [-0.2, -0.15) is 5.26 Å². The van der Waals surface area contributed by atoms with E-state index in [2.05, 4.69) is 21.3 Å². The molecule has 0 unspecified atom stereocenters. The minimum absolute atomic E-state index is 0.157. The summed E-state index contributed by atoms with van der Waals surface area (Å²) < 4.78 is 22.8. The predicted octanol–water partition coefficient (Wildman–Crippen LogP) is 2.33. The van der Waals surface area contributed by atoms with Crippen molar-refractivity contribution in [3.05, 3.63) is 47.7 Å². The average molecular weight is 425 g/mol. The predicted molar refractivity (Wildman–Crippen MR) is 115 cm³/mol. The summed E-state index contributed by atoms with van der Waals surface area (Å²) in [4.78, 5) is 6.65. The van der Waals surface area contributed by atoms with Gasteiger partial charge in [0.1, 0.15) is 11.9 Å². The van der Waals surface area contributed by atoms with Crippen molar-refractivity contribution in [1.82, 2.24) is 10.3 Å². The zero-order valence-electron chi connectivity index (χ0n) is 18.0. The number of anilines is 1. The fourth-order valence-corrected chi connectivity index (χ4v) is 3.85. The van der Waals surface area contributed by atoms with Crippen LogP contribution in [0.5, 0.6) is 11.5 Å². The number of methoxy groups -OCH3 is 2. The van der Waals surface area contributed by atoms with Gasteiger partial charge in [0, 0.05) is 44.2 Å². The van der Waals surface area contributed by atoms with Crippen molar-refractivity contribution in [1.29, 1.82) is 5.26 Å². The first-order valence-electron chi connectivity index (χ1n) is 10.4. The molecular weight excluding hydrogens is 396 g/mol. The van der Waals surface area contributed by atoms with Crippen molar-refractivity contribution in [3.63, 3.8) is 0 Å². The van der Waals surface area contributed by atoms with Gasteiger partial charge >= 0.3 is 0 Å². The van der Waals surface area contributed by atoms with Gasteiger partial charge in [-0.25, -0.2) is 4.98 Å². The molecule has 1 aromatic heterocycles. The summed E-state index contributed by atoms with van der Waals surface area (Å²) in [6.07, 6.45) is 2.09. The molecule has 2 fully saturated rings. The van der Waals surface area contributed by atoms with Gasteiger partial charge in [-0.15, -0.1) is 0 Å². The van der Waals surface area contributed by atoms with E-state index in [4.69, 9.17) is 24.2 Å². The molecule has 31 heavy (non-hydrogen) atoms. The number of hydrogen-bond donors (Lipinski definition) is 1. The van der Waals surface area contributed by atoms with Gasteiger partial charge in [-0.3, -0.25) is 0 Å². The summed E-state index contributed by atoms with van der Waals surface area (Å²) in [5, 5.41) is 12.4. The first-order valence-corrected chi connectivity index (χ1v) is 10.4. The molecule has 1 spiro atoms. The van der Waals surface area contributed by atoms with Crippen molar-refractivity contribution in [2.45, 2.75) is 19.3 Å². The second-order valence-corrected chi connectivity index (χ2v) is 8.07. The Bertz CT molecular complexity index is 914. The average Bonchev–Trinajstić information content (AvgIpc) is 2.81. The van der Waals surface area contributed by atoms with Crippen LogP contribution in [-0.2, 0) is 16.0 Å². The quantitative estimate of drug-likeness (QED) is 0.691. The van der Waals surface area contributed by atoms with Crippen LogP contribution in [0.1, 0.15) is 17.5 Å². The van der Waals surface area contributed by atoms with Crippen LogP contribution in [0.25, 0.3) is 0 Å². The second-order valence-electron chi connectivity index (χ2n) is 8.07. The highest BCUT2D eigenvalue weighted by Crippen LogP contribution is 2.31. The smallest absolute Gasteiger partial charge is 0.161 e. The van der Waals surface area contributed by atoms with Gasteiger partial charge in [0.15, 0.2) is 17.8 Å². The molecule has 0 aliphatic carbocycles. The normalized spacial score (nSPS) is 17.6. The standard InChI is InChI=1S/C23H28N4O4/c1-28-19-5-3-17(9-20(19)29-2)12-27(21-6-4-18(10-24)11-26-21)8-7-22-30-15-23(16-31-22)13-25-14-23/h3-6,9,11,22,25H,7-8,12-16H2,1-2H3. The minimum atomic E-state index is -0.225. The van der Waals surface area contributed by atoms with Crippen molar-refractivity contribution in [2.24, 2.45) is 5.41 Å². The van der Waals surface area contributed by atoms with Crippen LogP contribution < -0.4 is 19.7 Å². The number of ether oxygens (including phenoxy) is 4. The monoisotopic (exact) mass is 424 g/mol. The Morgan fingerprint density at radius 1 is 1.16 bits per heavy atom. The third-order valence-corrected chi connectivity index (χ3v) is 5.81. The molecular formula is C23H28N4O4. The summed E-state index contributed by atoms with van der Waals surface area (Å²) in [5.41, 5.74) is 1.76. The largest absolute Gasteiger partial charge is 0.493 e. The van der Waals surface area contributed by atoms with E-state index < -0.39 is 0 Å². The highest BCUT2D eigenvalue weighted by molar-refractivity contribution is 5.46. The van der Waals surface area contributed by atoms with Gasteiger partial charge in [0.05, 0.1) is 33.0 Å². The number of aromatic nitrogens is 1. The maximum Gasteiger partial charge on any atom is 0.161 e. The van der Waals surface area contributed by atoms with E-state index in [9.17, 15) is 0 Å². The number of nitrogens with zero attached hydrogens (tertiary/aromatic N) is 3. The van der Waals surface area contributed by atoms with E-state index in [0.717, 1.165) is 44.1 Å². The Labute approximate surface area is 182 Å². The number of pyridine rings is 1. The zero-order chi connectivity index (χ0) is 21.7. The van der Waals surface area contributed by atoms with Crippen molar-refractivity contribution < 1.29 is 18.9 Å². The van der Waals surface area contributed by atoms with Gasteiger partial charge in [-0.1, -0.05) is 6.07 Å². The molecule has 0 radical (unpaired) electrons. The zero-order valence-corrected chi connectivity index (χ0v) is 18.0. The highest BCUT2D eigenvalue weighted by atomic mass is 16.7. The van der Waals surface area contributed by atoms with E-state index in [1.165, 1.54) is 0 Å². The molecule has 0 saturated carbocycles. The highest BCUT2D eigenvalue weighted by Gasteiger charge is 2.42. The fourth-order valence-electron chi connectivity index (χ4n) is 3.85. The molecule has 0 atom stereocenters. The Morgan fingerprint density at radius 2 is 1.94 bits per heavy atom. The summed E-state index contributed by atoms with van der Waals surface area (Å²) in [6.45, 7) is 4.70. The molecule has 8 heteroatoms. The van der Waals surface area contributed by atoms with Gasteiger partial charge in [-0.05, 0) is 29.8 Å². The van der Waals surface area contributed by atoms with Crippen LogP contribution in [0.4, 0.5) is 5.82 Å². The SMILES string of the molecule is COc1ccc(CN(CCC2OCC3(CNC3)CO2)c2ccc(C#N)cn2)cc1OC. The molecule has 1 aromatic carbocycles. The second kappa shape index (κ2) is 9.52. The molecule has 2 aliphatic rings. The van der Waals surface area contributed by atoms with Crippen LogP contribution in [0, 0.1) is 16.7 Å². The fraction of sp³-hybridized carbons (Fsp3) is 0.478.